The summed E-state index contributed by atoms with van der Waals surface area (Å²) in [5.74, 6) is -0.275. The number of rotatable bonds is 10. The molecule has 0 unspecified atom stereocenters. The summed E-state index contributed by atoms with van der Waals surface area (Å²) in [6.07, 6.45) is 1.51. The summed E-state index contributed by atoms with van der Waals surface area (Å²) in [4.78, 5) is 19.4. The van der Waals surface area contributed by atoms with Crippen molar-refractivity contribution < 1.29 is 36.9 Å². The molecule has 3 heterocycles. The molecule has 3 aliphatic heterocycles. The molecule has 3 saturated heterocycles. The first-order valence-electron chi connectivity index (χ1n) is 15.1. The van der Waals surface area contributed by atoms with Crippen LogP contribution >= 0.6 is 0 Å². The van der Waals surface area contributed by atoms with E-state index in [9.17, 15) is 18.0 Å². The lowest BCUT2D eigenvalue weighted by molar-refractivity contribution is -0.137. The molecule has 4 rings (SSSR count). The average Bonchev–Trinajstić information content (AvgIpc) is 3.03. The summed E-state index contributed by atoms with van der Waals surface area (Å²) >= 11 is 0. The zero-order chi connectivity index (χ0) is 31.7. The Balaban J connectivity index is 1.31. The predicted octanol–water partition coefficient (Wildman–Crippen LogP) is 3.65. The Morgan fingerprint density at radius 3 is 2.55 bits per heavy atom. The maximum atomic E-state index is 13.5. The van der Waals surface area contributed by atoms with Gasteiger partial charge in [-0.1, -0.05) is 18.7 Å². The number of nitrogens with zero attached hydrogens (tertiary/aromatic N) is 2. The van der Waals surface area contributed by atoms with Crippen molar-refractivity contribution in [1.82, 2.24) is 15.5 Å². The smallest absolute Gasteiger partial charge is 0.416 e. The summed E-state index contributed by atoms with van der Waals surface area (Å²) in [5.41, 5.74) is 6.39. The lowest BCUT2D eigenvalue weighted by Gasteiger charge is -2.38. The number of piperidine rings is 1. The van der Waals surface area contributed by atoms with Crippen LogP contribution in [0.4, 0.5) is 13.2 Å². The molecule has 244 valence electrons. The first-order chi connectivity index (χ1) is 21.1. The average molecular weight is 624 g/mol. The van der Waals surface area contributed by atoms with Crippen LogP contribution in [-0.4, -0.2) is 88.2 Å². The Morgan fingerprint density at radius 1 is 1.16 bits per heavy atom. The number of allylic oxidation sites excluding steroid dienone is 1. The van der Waals surface area contributed by atoms with E-state index in [2.05, 4.69) is 22.2 Å². The molecular formula is C31H44F3N5O5. The Labute approximate surface area is 256 Å². The summed E-state index contributed by atoms with van der Waals surface area (Å²) < 4.78 is 61.1. The summed E-state index contributed by atoms with van der Waals surface area (Å²) in [5, 5.41) is 6.88. The molecule has 0 aliphatic carbocycles. The number of carbonyl (C=O) groups is 1. The summed E-state index contributed by atoms with van der Waals surface area (Å²) in [6.45, 7) is 6.83. The number of nitrogens with one attached hydrogen (secondary N) is 2. The lowest BCUT2D eigenvalue weighted by Crippen LogP contribution is -2.54. The quantitative estimate of drug-likeness (QED) is 0.157. The van der Waals surface area contributed by atoms with Crippen molar-refractivity contribution in [3.63, 3.8) is 0 Å². The normalized spacial score (nSPS) is 25.9. The fraction of sp³-hybridized carbons (Fsp3) is 0.613. The van der Waals surface area contributed by atoms with E-state index in [0.29, 0.717) is 44.1 Å². The van der Waals surface area contributed by atoms with Crippen molar-refractivity contribution in [2.24, 2.45) is 10.7 Å². The van der Waals surface area contributed by atoms with Crippen molar-refractivity contribution in [3.8, 4) is 0 Å². The Kier molecular flexibility index (Phi) is 12.1. The monoisotopic (exact) mass is 623 g/mol. The zero-order valence-corrected chi connectivity index (χ0v) is 25.4. The van der Waals surface area contributed by atoms with Gasteiger partial charge in [0.25, 0.3) is 11.9 Å². The van der Waals surface area contributed by atoms with Crippen molar-refractivity contribution in [2.75, 3.05) is 47.1 Å². The van der Waals surface area contributed by atoms with Crippen molar-refractivity contribution in [1.29, 1.82) is 0 Å². The van der Waals surface area contributed by atoms with Crippen LogP contribution in [0.3, 0.4) is 0 Å². The highest BCUT2D eigenvalue weighted by Gasteiger charge is 2.32. The van der Waals surface area contributed by atoms with Crippen LogP contribution in [-0.2, 0) is 29.9 Å². The minimum atomic E-state index is -4.38. The van der Waals surface area contributed by atoms with Gasteiger partial charge in [-0.05, 0) is 62.3 Å². The van der Waals surface area contributed by atoms with Crippen LogP contribution in [0.25, 0.3) is 0 Å². The summed E-state index contributed by atoms with van der Waals surface area (Å²) in [7, 11) is 3.07. The number of amidine groups is 1. The largest absolute Gasteiger partial charge is 0.469 e. The van der Waals surface area contributed by atoms with Gasteiger partial charge in [0.2, 0.25) is 0 Å². The van der Waals surface area contributed by atoms with Crippen LogP contribution < -0.4 is 16.4 Å². The molecule has 3 aliphatic rings. The van der Waals surface area contributed by atoms with E-state index >= 15 is 0 Å². The Bertz CT molecular complexity index is 1170. The number of likely N-dealkylation sites (tertiary alicyclic amines) is 1. The van der Waals surface area contributed by atoms with Crippen LogP contribution in [0.1, 0.15) is 55.8 Å². The van der Waals surface area contributed by atoms with E-state index in [1.807, 2.05) is 0 Å². The van der Waals surface area contributed by atoms with Gasteiger partial charge in [0.1, 0.15) is 5.70 Å². The number of ether oxygens (including phenoxy) is 4. The lowest BCUT2D eigenvalue weighted by atomic mass is 9.97. The molecule has 1 aromatic carbocycles. The SMILES string of the molecule is C=C(/C=C(\N=C(N)OC)C(=O)N1CCC(N[C@@H]2CCOC[C@@H]2OC)CC1)NC[C@H]1CCC[C@@H](c2ccc(C(F)(F)F)cc2)O1. The first kappa shape index (κ1) is 33.8. The van der Waals surface area contributed by atoms with Gasteiger partial charge in [-0.3, -0.25) is 4.79 Å². The van der Waals surface area contributed by atoms with Gasteiger partial charge in [0, 0.05) is 51.1 Å². The van der Waals surface area contributed by atoms with Crippen LogP contribution in [0, 0.1) is 0 Å². The van der Waals surface area contributed by atoms with Gasteiger partial charge in [0.05, 0.1) is 37.6 Å². The van der Waals surface area contributed by atoms with Crippen LogP contribution in [0.5, 0.6) is 0 Å². The molecule has 4 atom stereocenters. The number of methoxy groups -OCH3 is 2. The molecule has 3 fully saturated rings. The second-order valence-corrected chi connectivity index (χ2v) is 11.4. The molecule has 0 radical (unpaired) electrons. The number of benzene rings is 1. The van der Waals surface area contributed by atoms with E-state index in [4.69, 9.17) is 24.7 Å². The molecule has 1 aromatic rings. The maximum Gasteiger partial charge on any atom is 0.416 e. The zero-order valence-electron chi connectivity index (χ0n) is 25.4. The Hall–Kier alpha value is -3.13. The molecule has 0 aromatic heterocycles. The molecule has 10 nitrogen and oxygen atoms in total. The topological polar surface area (TPSA) is 120 Å². The van der Waals surface area contributed by atoms with Gasteiger partial charge in [-0.2, -0.15) is 18.2 Å². The minimum absolute atomic E-state index is 0.0116. The minimum Gasteiger partial charge on any atom is -0.469 e. The number of carbonyl (C=O) groups excluding carboxylic acids is 1. The highest BCUT2D eigenvalue weighted by molar-refractivity contribution is 5.96. The fourth-order valence-corrected chi connectivity index (χ4v) is 5.80. The van der Waals surface area contributed by atoms with E-state index in [0.717, 1.165) is 50.7 Å². The molecule has 0 saturated carbocycles. The van der Waals surface area contributed by atoms with E-state index in [1.165, 1.54) is 19.2 Å². The summed E-state index contributed by atoms with van der Waals surface area (Å²) in [6, 6.07) is 5.45. The maximum absolute atomic E-state index is 13.5. The van der Waals surface area contributed by atoms with E-state index < -0.39 is 11.7 Å². The highest BCUT2D eigenvalue weighted by atomic mass is 19.4. The third-order valence-electron chi connectivity index (χ3n) is 8.32. The molecule has 0 bridgehead atoms. The molecule has 1 amide bonds. The molecule has 0 spiro atoms. The fourth-order valence-electron chi connectivity index (χ4n) is 5.80. The van der Waals surface area contributed by atoms with Gasteiger partial charge in [-0.25, -0.2) is 0 Å². The molecule has 4 N–H and O–H groups in total. The number of hydrogen-bond donors (Lipinski definition) is 3. The van der Waals surface area contributed by atoms with Gasteiger partial charge >= 0.3 is 6.18 Å². The van der Waals surface area contributed by atoms with E-state index in [-0.39, 0.29) is 48.0 Å². The van der Waals surface area contributed by atoms with E-state index in [1.54, 1.807) is 18.1 Å². The predicted molar refractivity (Wildman–Crippen MR) is 160 cm³/mol. The van der Waals surface area contributed by atoms with Gasteiger partial charge in [-0.15, -0.1) is 0 Å². The number of halogens is 3. The number of aliphatic imine (C=N–C) groups is 1. The van der Waals surface area contributed by atoms with Crippen LogP contribution in [0.2, 0.25) is 0 Å². The number of nitrogens with two attached hydrogens (primary N) is 1. The number of alkyl halides is 3. The van der Waals surface area contributed by atoms with Crippen molar-refractivity contribution in [2.45, 2.75) is 75.1 Å². The Morgan fingerprint density at radius 2 is 1.89 bits per heavy atom. The standard InChI is InChI=1S/C31H44F3N5O5/c1-20(36-18-24-5-4-6-27(44-24)21-7-9-22(10-8-21)31(32,33)34)17-26(38-30(35)42-3)29(40)39-14-11-23(12-15-39)37-25-13-16-43-19-28(25)41-2/h7-10,17,23-25,27-28,36-37H,1,4-6,11-16,18-19H2,2-3H3,(H2,35,38)/b26-17-/t24-,25-,27+,28+/m1/s1. The second-order valence-electron chi connectivity index (χ2n) is 11.4. The van der Waals surface area contributed by atoms with Crippen molar-refractivity contribution >= 4 is 11.9 Å². The molecule has 13 heteroatoms. The van der Waals surface area contributed by atoms with Gasteiger partial charge < -0.3 is 40.2 Å². The second kappa shape index (κ2) is 15.7. The third-order valence-corrected chi connectivity index (χ3v) is 8.32. The first-order valence-corrected chi connectivity index (χ1v) is 15.1. The highest BCUT2D eigenvalue weighted by Crippen LogP contribution is 2.34. The molecule has 44 heavy (non-hydrogen) atoms. The third kappa shape index (κ3) is 9.43. The number of amides is 1. The van der Waals surface area contributed by atoms with Crippen LogP contribution in [0.15, 0.2) is 53.3 Å². The molecular weight excluding hydrogens is 579 g/mol. The van der Waals surface area contributed by atoms with Gasteiger partial charge in [0.15, 0.2) is 0 Å². The number of hydrogen-bond acceptors (Lipinski definition) is 8. The van der Waals surface area contributed by atoms with Crippen molar-refractivity contribution in [3.05, 3.63) is 59.4 Å².